The lowest BCUT2D eigenvalue weighted by molar-refractivity contribution is 0.551. The predicted octanol–water partition coefficient (Wildman–Crippen LogP) is 6.66. The highest BCUT2D eigenvalue weighted by molar-refractivity contribution is 5.26. The third kappa shape index (κ3) is 3.68. The van der Waals surface area contributed by atoms with Crippen molar-refractivity contribution in [3.63, 3.8) is 0 Å². The molecule has 0 saturated heterocycles. The van der Waals surface area contributed by atoms with Gasteiger partial charge in [-0.15, -0.1) is 6.58 Å². The van der Waals surface area contributed by atoms with Gasteiger partial charge in [-0.05, 0) is 80.5 Å². The molecule has 0 spiro atoms. The highest BCUT2D eigenvalue weighted by atomic mass is 14.4. The minimum atomic E-state index is 0.806. The van der Waals surface area contributed by atoms with E-state index in [1.807, 2.05) is 0 Å². The molecule has 6 aliphatic rings. The van der Waals surface area contributed by atoms with E-state index in [0.29, 0.717) is 0 Å². The first-order valence-corrected chi connectivity index (χ1v) is 10.3. The monoisotopic (exact) mass is 332 g/mol. The average Bonchev–Trinajstić information content (AvgIpc) is 3.48. The fourth-order valence-electron chi connectivity index (χ4n) is 5.41. The largest absolute Gasteiger partial charge is 0.103 e. The van der Waals surface area contributed by atoms with Gasteiger partial charge in [0.25, 0.3) is 0 Å². The van der Waals surface area contributed by atoms with Gasteiger partial charge in [0.15, 0.2) is 0 Å². The standard InChI is InChI=1S/2C9H12.C7H8/c2*1-2-8-5-7-3-4-9(8)6-7;1-2-7-4-3-6(1)5-7/h2-4,7,9H,5-6H2,1H3;2-4,7-9H,1,5-6H2;1-4,6-7H,5H2/b8-2+;;. The second kappa shape index (κ2) is 7.36. The van der Waals surface area contributed by atoms with Crippen LogP contribution in [-0.4, -0.2) is 0 Å². The van der Waals surface area contributed by atoms with Gasteiger partial charge in [-0.1, -0.05) is 66.3 Å². The zero-order valence-corrected chi connectivity index (χ0v) is 15.6. The maximum absolute atomic E-state index is 3.83. The summed E-state index contributed by atoms with van der Waals surface area (Å²) in [5, 5.41) is 0. The Balaban J connectivity index is 0.0000000949. The van der Waals surface area contributed by atoms with Crippen molar-refractivity contribution in [1.29, 1.82) is 0 Å². The molecule has 0 amide bonds. The van der Waals surface area contributed by atoms with Crippen LogP contribution < -0.4 is 0 Å². The van der Waals surface area contributed by atoms with Crippen LogP contribution in [0, 0.1) is 41.4 Å². The second-order valence-corrected chi connectivity index (χ2v) is 8.57. The van der Waals surface area contributed by atoms with E-state index in [0.717, 1.165) is 41.4 Å². The summed E-state index contributed by atoms with van der Waals surface area (Å²) in [4.78, 5) is 0. The van der Waals surface area contributed by atoms with Crippen LogP contribution in [-0.2, 0) is 0 Å². The summed E-state index contributed by atoms with van der Waals surface area (Å²) in [7, 11) is 0. The molecule has 132 valence electrons. The van der Waals surface area contributed by atoms with E-state index in [2.05, 4.69) is 74.3 Å². The summed E-state index contributed by atoms with van der Waals surface area (Å²) < 4.78 is 0. The number of fused-ring (bicyclic) bond motifs is 6. The zero-order valence-electron chi connectivity index (χ0n) is 15.6. The maximum Gasteiger partial charge on any atom is -0.00174 e. The Morgan fingerprint density at radius 2 is 1.52 bits per heavy atom. The van der Waals surface area contributed by atoms with Gasteiger partial charge in [-0.2, -0.15) is 0 Å². The molecule has 5 unspecified atom stereocenters. The Hall–Kier alpha value is -1.56. The molecule has 6 bridgehead atoms. The van der Waals surface area contributed by atoms with E-state index in [1.54, 1.807) is 5.57 Å². The van der Waals surface area contributed by atoms with Crippen molar-refractivity contribution in [2.24, 2.45) is 41.4 Å². The SMILES string of the molecule is C/C=C1\CC2C=CC1C2.C1=CC2C=CC1C2.C=CC1CC2C=CC1C2. The van der Waals surface area contributed by atoms with E-state index in [4.69, 9.17) is 0 Å². The molecular formula is C25H32. The molecule has 0 radical (unpaired) electrons. The molecule has 0 aromatic carbocycles. The number of hydrogen-bond acceptors (Lipinski definition) is 0. The van der Waals surface area contributed by atoms with Crippen molar-refractivity contribution in [1.82, 2.24) is 0 Å². The lowest BCUT2D eigenvalue weighted by Crippen LogP contribution is -2.01. The van der Waals surface area contributed by atoms with Gasteiger partial charge >= 0.3 is 0 Å². The molecule has 0 aromatic heterocycles. The van der Waals surface area contributed by atoms with Gasteiger partial charge in [0.05, 0.1) is 0 Å². The number of rotatable bonds is 1. The van der Waals surface area contributed by atoms with Crippen LogP contribution in [0.2, 0.25) is 0 Å². The number of allylic oxidation sites excluding steroid dienone is 11. The normalized spacial score (nSPS) is 44.2. The molecule has 0 N–H and O–H groups in total. The molecule has 6 rings (SSSR count). The zero-order chi connectivity index (χ0) is 17.2. The number of hydrogen-bond donors (Lipinski definition) is 0. The van der Waals surface area contributed by atoms with Gasteiger partial charge < -0.3 is 0 Å². The first kappa shape index (κ1) is 16.9. The summed E-state index contributed by atoms with van der Waals surface area (Å²) >= 11 is 0. The Labute approximate surface area is 153 Å². The molecule has 6 aliphatic carbocycles. The lowest BCUT2D eigenvalue weighted by Gasteiger charge is -2.11. The molecule has 25 heavy (non-hydrogen) atoms. The molecule has 0 aromatic rings. The summed E-state index contributed by atoms with van der Waals surface area (Å²) in [6.07, 6.45) is 29.9. The Morgan fingerprint density at radius 3 is 1.80 bits per heavy atom. The molecule has 5 atom stereocenters. The Kier molecular flexibility index (Phi) is 4.97. The van der Waals surface area contributed by atoms with Crippen LogP contribution >= 0.6 is 0 Å². The summed E-state index contributed by atoms with van der Waals surface area (Å²) in [5.74, 6) is 5.92. The quantitative estimate of drug-likeness (QED) is 0.471. The van der Waals surface area contributed by atoms with Gasteiger partial charge in [0.2, 0.25) is 0 Å². The predicted molar refractivity (Wildman–Crippen MR) is 108 cm³/mol. The van der Waals surface area contributed by atoms with E-state index in [-0.39, 0.29) is 0 Å². The Bertz CT molecular complexity index is 613. The van der Waals surface area contributed by atoms with Crippen molar-refractivity contribution < 1.29 is 0 Å². The smallest absolute Gasteiger partial charge is 0.00174 e. The average molecular weight is 333 g/mol. The molecule has 0 heteroatoms. The van der Waals surface area contributed by atoms with Crippen molar-refractivity contribution in [3.8, 4) is 0 Å². The first-order chi connectivity index (χ1) is 12.2. The van der Waals surface area contributed by atoms with Gasteiger partial charge in [0.1, 0.15) is 0 Å². The second-order valence-electron chi connectivity index (χ2n) is 8.57. The fraction of sp³-hybridized carbons (Fsp3) is 0.520. The van der Waals surface area contributed by atoms with Gasteiger partial charge in [-0.3, -0.25) is 0 Å². The van der Waals surface area contributed by atoms with Crippen LogP contribution in [0.1, 0.15) is 39.0 Å². The molecular weight excluding hydrogens is 300 g/mol. The van der Waals surface area contributed by atoms with Gasteiger partial charge in [0, 0.05) is 0 Å². The molecule has 0 heterocycles. The van der Waals surface area contributed by atoms with Crippen molar-refractivity contribution in [3.05, 3.63) is 72.9 Å². The summed E-state index contributed by atoms with van der Waals surface area (Å²) in [6.45, 7) is 5.98. The van der Waals surface area contributed by atoms with Crippen LogP contribution in [0.25, 0.3) is 0 Å². The van der Waals surface area contributed by atoms with Crippen molar-refractivity contribution in [2.45, 2.75) is 39.0 Å². The van der Waals surface area contributed by atoms with Gasteiger partial charge in [-0.25, -0.2) is 0 Å². The van der Waals surface area contributed by atoms with Crippen LogP contribution in [0.4, 0.5) is 0 Å². The molecule has 2 fully saturated rings. The van der Waals surface area contributed by atoms with Crippen LogP contribution in [0.3, 0.4) is 0 Å². The highest BCUT2D eigenvalue weighted by Crippen LogP contribution is 2.44. The van der Waals surface area contributed by atoms with Crippen molar-refractivity contribution >= 4 is 0 Å². The minimum Gasteiger partial charge on any atom is -0.103 e. The van der Waals surface area contributed by atoms with E-state index in [1.165, 1.54) is 32.1 Å². The van der Waals surface area contributed by atoms with E-state index in [9.17, 15) is 0 Å². The third-order valence-corrected chi connectivity index (χ3v) is 6.91. The topological polar surface area (TPSA) is 0 Å². The lowest BCUT2D eigenvalue weighted by atomic mass is 9.94. The summed E-state index contributed by atoms with van der Waals surface area (Å²) in [5.41, 5.74) is 1.67. The molecule has 0 aliphatic heterocycles. The first-order valence-electron chi connectivity index (χ1n) is 10.3. The molecule has 2 saturated carbocycles. The minimum absolute atomic E-state index is 0.806. The fourth-order valence-corrected chi connectivity index (χ4v) is 5.41. The maximum atomic E-state index is 3.83. The van der Waals surface area contributed by atoms with Crippen LogP contribution in [0.5, 0.6) is 0 Å². The Morgan fingerprint density at radius 1 is 0.800 bits per heavy atom. The highest BCUT2D eigenvalue weighted by Gasteiger charge is 2.33. The third-order valence-electron chi connectivity index (χ3n) is 6.91. The van der Waals surface area contributed by atoms with E-state index < -0.39 is 0 Å². The van der Waals surface area contributed by atoms with Crippen LogP contribution in [0.15, 0.2) is 72.9 Å². The summed E-state index contributed by atoms with van der Waals surface area (Å²) in [6, 6.07) is 0. The van der Waals surface area contributed by atoms with Crippen molar-refractivity contribution in [2.75, 3.05) is 0 Å². The van der Waals surface area contributed by atoms with E-state index >= 15 is 0 Å². The molecule has 0 nitrogen and oxygen atoms in total.